The van der Waals surface area contributed by atoms with E-state index in [0.29, 0.717) is 65.0 Å². The summed E-state index contributed by atoms with van der Waals surface area (Å²) in [5.74, 6) is 0. The van der Waals surface area contributed by atoms with Crippen molar-refractivity contribution in [2.24, 2.45) is 65.0 Å². The Morgan fingerprint density at radius 1 is 0.116 bits per heavy atom. The van der Waals surface area contributed by atoms with Crippen molar-refractivity contribution in [2.45, 2.75) is 586 Å². The van der Waals surface area contributed by atoms with Gasteiger partial charge in [0.2, 0.25) is 0 Å². The molecule has 0 aromatic rings. The second-order valence-electron chi connectivity index (χ2n) is 56.7. The van der Waals surface area contributed by atoms with E-state index < -0.39 is 0 Å². The zero-order valence-electron chi connectivity index (χ0n) is 110. The minimum absolute atomic E-state index is 0. The van der Waals surface area contributed by atoms with Gasteiger partial charge in [0.15, 0.2) is 0 Å². The molecule has 0 heterocycles. The fourth-order valence-electron chi connectivity index (χ4n) is 15.4. The number of nitrogens with zero attached hydrogens (tertiary/aromatic N) is 12. The molecule has 0 fully saturated rings. The maximum absolute atomic E-state index is 2.61. The molecule has 0 aliphatic heterocycles. The van der Waals surface area contributed by atoms with Crippen LogP contribution in [0.15, 0.2) is 0 Å². The van der Waals surface area contributed by atoms with Gasteiger partial charge in [0, 0.05) is 19.6 Å². The molecule has 0 saturated carbocycles. The zero-order chi connectivity index (χ0) is 111. The summed E-state index contributed by atoms with van der Waals surface area (Å²) in [6, 6.07) is 0. The minimum atomic E-state index is 0. The second-order valence-corrected chi connectivity index (χ2v) is 56.7. The Morgan fingerprint density at radius 3 is 0.445 bits per heavy atom. The van der Waals surface area contributed by atoms with Crippen molar-refractivity contribution >= 4 is 0 Å². The number of hydrogen-bond donors (Lipinski definition) is 0. The maximum atomic E-state index is 2.61. The van der Waals surface area contributed by atoms with Crippen molar-refractivity contribution in [3.05, 3.63) is 0 Å². The van der Waals surface area contributed by atoms with Crippen LogP contribution in [-0.4, -0.2) is 298 Å². The topological polar surface area (TPSA) is 38.9 Å². The fraction of sp³-hybridized carbons (Fsp3) is 1.00. The summed E-state index contributed by atoms with van der Waals surface area (Å²) in [7, 11) is 17.0. The van der Waals surface area contributed by atoms with E-state index in [1.54, 1.807) is 0 Å². The Labute approximate surface area is 944 Å². The molecule has 0 N–H and O–H groups in total. The number of hydrogen-bond acceptors (Lipinski definition) is 12. The summed E-state index contributed by atoms with van der Waals surface area (Å²) < 4.78 is 0. The molecule has 0 unspecified atom stereocenters. The first-order valence-corrected chi connectivity index (χ1v) is 59.0. The van der Waals surface area contributed by atoms with Crippen molar-refractivity contribution in [3.63, 3.8) is 0 Å². The second kappa shape index (κ2) is 114. The normalized spacial score (nSPS) is 11.8. The summed E-state index contributed by atoms with van der Waals surface area (Å²) in [6.45, 7) is 153. The van der Waals surface area contributed by atoms with E-state index in [-0.39, 0.29) is 59.4 Å². The van der Waals surface area contributed by atoms with Gasteiger partial charge in [0.1, 0.15) is 0 Å². The highest BCUT2D eigenvalue weighted by molar-refractivity contribution is 4.74. The SMILES string of the molecule is C.C.C.C.C.C.C.C.CCCN(CCC)CC(C)(C)C.CCCN(CCC)CCC(C)(C)C.CCCN(CCC)CCCC(C)(C)C.CCCN(CCC)CCCCC(C)(C)C.CCN(CC)CC(C)(C)C.CCN(CC)CCC(C)(C)C.CCN(CC)CCCC(C)(C)C.CCN(CC)CCCCC(C)(C)C.CN(C)CC(C)(C)C.CN(C)CCC(C)(C)C.CN(C)CCCC(C)(C)C.CN(C)CCCCC(C)(C)C. The standard InChI is InChI=1S/C14H31N.C13H29N.2C12H27N.2C11H25N.2C10H23N.2C9H21N.C8H19N.C7H17N.8CH4/c1-6-11-15(12-7-2)13-9-8-10-14(3,4)5;1-6-10-14(11-7-2)12-8-9-13(3,4)5;1-6-13(7-2)11-9-8-10-12(3,4)5;1-6-9-13(10-7-2)11-8-12(3,4)5;1-6-12(7-2)10-8-9-11(3,4)5;1-6-8-12(9-7-2)10-11(3,4)5;1-10(2,3)8-6-7-9-11(4)5;1-6-11(7-2)9-8-10(3,4)5;1-9(2,3)7-6-8-10(4)5;1-6-10(7-2)8-9(3,4)5;1-8(2,3)6-7-9(4)5;1-7(2,3)6-8(4)5;;;;;;;;/h6-13H2,1-5H3;6-12H2,1-5H3;2*6-11H2,1-5H3;2*6-10H2,1-5H3;2*6-9H2,1-5H3;2*6-8H2,1-5H3;6-7H2,1-5H3;6H2,1-5H3;8*1H4. The van der Waals surface area contributed by atoms with Gasteiger partial charge in [-0.3, -0.25) is 0 Å². The van der Waals surface area contributed by atoms with Crippen molar-refractivity contribution in [2.75, 3.05) is 240 Å². The summed E-state index contributed by atoms with van der Waals surface area (Å²) in [5.41, 5.74) is 5.88. The maximum Gasteiger partial charge on any atom is 0.00300 e. The number of rotatable bonds is 54. The molecule has 146 heavy (non-hydrogen) atoms. The number of unbranched alkanes of at least 4 members (excludes halogenated alkanes) is 3. The molecule has 0 aromatic heterocycles. The Balaban J connectivity index is -0.0000000658. The van der Waals surface area contributed by atoms with Gasteiger partial charge in [-0.25, -0.2) is 0 Å². The van der Waals surface area contributed by atoms with Gasteiger partial charge in [-0.2, -0.15) is 0 Å². The first kappa shape index (κ1) is 193. The summed E-state index contributed by atoms with van der Waals surface area (Å²) in [6.07, 6.45) is 34.4. The van der Waals surface area contributed by atoms with E-state index in [1.807, 2.05) is 0 Å². The van der Waals surface area contributed by atoms with Crippen LogP contribution in [0.3, 0.4) is 0 Å². The molecule has 0 amide bonds. The molecular weight excluding hydrogens is 1780 g/mol. The average molecular weight is 2100 g/mol. The first-order valence-electron chi connectivity index (χ1n) is 59.0. The highest BCUT2D eigenvalue weighted by atomic mass is 15.2. The van der Waals surface area contributed by atoms with Crippen LogP contribution in [0.1, 0.15) is 586 Å². The van der Waals surface area contributed by atoms with Crippen LogP contribution in [0, 0.1) is 65.0 Å². The third kappa shape index (κ3) is 211. The van der Waals surface area contributed by atoms with Gasteiger partial charge in [-0.15, -0.1) is 0 Å². The van der Waals surface area contributed by atoms with Crippen LogP contribution in [0.25, 0.3) is 0 Å². The Kier molecular flexibility index (Phi) is 151. The highest BCUT2D eigenvalue weighted by Crippen LogP contribution is 2.28. The van der Waals surface area contributed by atoms with Crippen molar-refractivity contribution < 1.29 is 0 Å². The summed E-state index contributed by atoms with van der Waals surface area (Å²) in [5, 5.41) is 0. The first-order chi connectivity index (χ1) is 62.6. The molecule has 0 rings (SSSR count). The molecule has 0 spiro atoms. The molecule has 916 valence electrons. The van der Waals surface area contributed by atoms with E-state index >= 15 is 0 Å². The molecule has 0 aromatic carbocycles. The smallest absolute Gasteiger partial charge is 0.00300 e. The predicted octanol–water partition coefficient (Wildman–Crippen LogP) is 40.6. The molecule has 0 bridgehead atoms. The van der Waals surface area contributed by atoms with Crippen LogP contribution in [0.5, 0.6) is 0 Å². The van der Waals surface area contributed by atoms with E-state index in [9.17, 15) is 0 Å². The van der Waals surface area contributed by atoms with E-state index in [4.69, 9.17) is 0 Å². The van der Waals surface area contributed by atoms with Crippen LogP contribution in [0.2, 0.25) is 0 Å². The zero-order valence-corrected chi connectivity index (χ0v) is 110. The Bertz CT molecular complexity index is 2280. The lowest BCUT2D eigenvalue weighted by molar-refractivity contribution is 0.191. The van der Waals surface area contributed by atoms with Gasteiger partial charge in [-0.05, 0) is 433 Å². The quantitative estimate of drug-likeness (QED) is 0.0545. The molecule has 0 aliphatic rings. The molecule has 12 heteroatoms. The van der Waals surface area contributed by atoms with Crippen molar-refractivity contribution in [3.8, 4) is 0 Å². The van der Waals surface area contributed by atoms with Crippen LogP contribution in [-0.2, 0) is 0 Å². The van der Waals surface area contributed by atoms with Crippen molar-refractivity contribution in [1.29, 1.82) is 0 Å². The van der Waals surface area contributed by atoms with Crippen LogP contribution >= 0.6 is 0 Å². The van der Waals surface area contributed by atoms with Gasteiger partial charge >= 0.3 is 0 Å². The van der Waals surface area contributed by atoms with Gasteiger partial charge in [-0.1, -0.05) is 439 Å². The Hall–Kier alpha value is -0.480. The average Bonchev–Trinajstić information content (AvgIpc) is 0.929. The third-order valence-corrected chi connectivity index (χ3v) is 23.2. The molecule has 0 atom stereocenters. The van der Waals surface area contributed by atoms with Crippen LogP contribution < -0.4 is 0 Å². The summed E-state index contributed by atoms with van der Waals surface area (Å²) in [4.78, 5) is 29.2. The van der Waals surface area contributed by atoms with Crippen molar-refractivity contribution in [1.82, 2.24) is 58.8 Å². The van der Waals surface area contributed by atoms with Gasteiger partial charge in [0.05, 0.1) is 0 Å². The lowest BCUT2D eigenvalue weighted by Gasteiger charge is -2.29. The molecule has 0 aliphatic carbocycles. The monoisotopic (exact) mass is 2100 g/mol. The van der Waals surface area contributed by atoms with Crippen LogP contribution in [0.4, 0.5) is 0 Å². The highest BCUT2D eigenvalue weighted by Gasteiger charge is 2.21. The largest absolute Gasteiger partial charge is 0.309 e. The van der Waals surface area contributed by atoms with Gasteiger partial charge < -0.3 is 58.8 Å². The van der Waals surface area contributed by atoms with Gasteiger partial charge in [0.25, 0.3) is 0 Å². The lowest BCUT2D eigenvalue weighted by Crippen LogP contribution is -2.33. The Morgan fingerprint density at radius 2 is 0.267 bits per heavy atom. The summed E-state index contributed by atoms with van der Waals surface area (Å²) >= 11 is 0. The van der Waals surface area contributed by atoms with E-state index in [0.717, 1.165) is 6.54 Å². The third-order valence-electron chi connectivity index (χ3n) is 23.2. The fourth-order valence-corrected chi connectivity index (χ4v) is 15.4. The molecular formula is C134H320N12. The van der Waals surface area contributed by atoms with E-state index in [2.05, 4.69) is 475 Å². The molecule has 12 nitrogen and oxygen atoms in total. The minimum Gasteiger partial charge on any atom is -0.309 e. The molecule has 0 saturated heterocycles. The predicted molar refractivity (Wildman–Crippen MR) is 704 cm³/mol. The molecule has 0 radical (unpaired) electrons. The van der Waals surface area contributed by atoms with E-state index in [1.165, 1.54) is 344 Å². The lowest BCUT2D eigenvalue weighted by atomic mass is 9.90.